The van der Waals surface area contributed by atoms with E-state index < -0.39 is 11.8 Å². The number of carbonyl (C=O) groups excluding carboxylic acids is 1. The van der Waals surface area contributed by atoms with Gasteiger partial charge in [-0.1, -0.05) is 12.1 Å². The Labute approximate surface area is 242 Å². The van der Waals surface area contributed by atoms with Crippen molar-refractivity contribution in [2.45, 2.75) is 32.9 Å². The lowest BCUT2D eigenvalue weighted by Gasteiger charge is -2.17. The van der Waals surface area contributed by atoms with E-state index in [1.807, 2.05) is 33.2 Å². The van der Waals surface area contributed by atoms with Crippen molar-refractivity contribution in [1.29, 1.82) is 0 Å². The molecule has 11 heteroatoms. The molecule has 0 aliphatic carbocycles. The van der Waals surface area contributed by atoms with Gasteiger partial charge in [-0.25, -0.2) is 9.18 Å². The van der Waals surface area contributed by atoms with Gasteiger partial charge in [-0.05, 0) is 62.2 Å². The maximum atomic E-state index is 15.0. The van der Waals surface area contributed by atoms with Crippen LogP contribution in [0.5, 0.6) is 11.5 Å². The van der Waals surface area contributed by atoms with E-state index in [0.29, 0.717) is 22.8 Å². The number of nitrogens with one attached hydrogen (secondary N) is 3. The number of urea groups is 1. The van der Waals surface area contributed by atoms with Crippen LogP contribution >= 0.6 is 0 Å². The van der Waals surface area contributed by atoms with E-state index in [4.69, 9.17) is 9.84 Å². The SMILES string of the molecule is CC(C)n1cc(NC(=O)Nc2ccc(Oc3ccnc(-c4cnn(C)c4)c3)cc2F)c(-c2ccc3c(c2)CCNC3)n1. The summed E-state index contributed by atoms with van der Waals surface area (Å²) in [5, 5.41) is 17.8. The third-order valence-corrected chi connectivity index (χ3v) is 7.03. The first-order valence-corrected chi connectivity index (χ1v) is 13.7. The van der Waals surface area contributed by atoms with E-state index in [0.717, 1.165) is 30.6 Å². The highest BCUT2D eigenvalue weighted by Crippen LogP contribution is 2.31. The summed E-state index contributed by atoms with van der Waals surface area (Å²) in [4.78, 5) is 17.3. The van der Waals surface area contributed by atoms with Crippen molar-refractivity contribution >= 4 is 17.4 Å². The minimum Gasteiger partial charge on any atom is -0.457 e. The van der Waals surface area contributed by atoms with Crippen molar-refractivity contribution in [3.63, 3.8) is 0 Å². The lowest BCUT2D eigenvalue weighted by atomic mass is 9.97. The largest absolute Gasteiger partial charge is 0.457 e. The molecule has 0 unspecified atom stereocenters. The van der Waals surface area contributed by atoms with Crippen LogP contribution < -0.4 is 20.7 Å². The van der Waals surface area contributed by atoms with E-state index in [-0.39, 0.29) is 17.5 Å². The Morgan fingerprint density at radius 1 is 1.00 bits per heavy atom. The minimum atomic E-state index is -0.634. The smallest absolute Gasteiger partial charge is 0.323 e. The highest BCUT2D eigenvalue weighted by atomic mass is 19.1. The van der Waals surface area contributed by atoms with E-state index in [1.54, 1.807) is 46.2 Å². The Morgan fingerprint density at radius 3 is 2.62 bits per heavy atom. The van der Waals surface area contributed by atoms with E-state index in [1.165, 1.54) is 23.3 Å². The number of carbonyl (C=O) groups is 1. The molecule has 6 rings (SSSR count). The Kier molecular flexibility index (Phi) is 7.41. The summed E-state index contributed by atoms with van der Waals surface area (Å²) in [6, 6.07) is 13.5. The van der Waals surface area contributed by atoms with Crippen LogP contribution in [-0.2, 0) is 20.0 Å². The third-order valence-electron chi connectivity index (χ3n) is 7.03. The number of fused-ring (bicyclic) bond motifs is 1. The zero-order valence-electron chi connectivity index (χ0n) is 23.6. The van der Waals surface area contributed by atoms with Crippen LogP contribution in [0.4, 0.5) is 20.6 Å². The summed E-state index contributed by atoms with van der Waals surface area (Å²) in [6.07, 6.45) is 7.90. The van der Waals surface area contributed by atoms with Crippen molar-refractivity contribution in [3.8, 4) is 34.0 Å². The van der Waals surface area contributed by atoms with Gasteiger partial charge in [-0.3, -0.25) is 14.3 Å². The number of ether oxygens (including phenoxy) is 1. The van der Waals surface area contributed by atoms with Crippen LogP contribution in [0, 0.1) is 5.82 Å². The maximum absolute atomic E-state index is 15.0. The molecule has 10 nitrogen and oxygen atoms in total. The Morgan fingerprint density at radius 2 is 1.83 bits per heavy atom. The molecular weight excluding hydrogens is 535 g/mol. The van der Waals surface area contributed by atoms with Gasteiger partial charge in [0, 0.05) is 61.5 Å². The minimum absolute atomic E-state index is 0.0182. The highest BCUT2D eigenvalue weighted by molar-refractivity contribution is 6.02. The van der Waals surface area contributed by atoms with Gasteiger partial charge in [0.15, 0.2) is 0 Å². The summed E-state index contributed by atoms with van der Waals surface area (Å²) in [5.74, 6) is 0.144. The van der Waals surface area contributed by atoms with E-state index >= 15 is 4.39 Å². The molecule has 4 heterocycles. The summed E-state index contributed by atoms with van der Waals surface area (Å²) >= 11 is 0. The number of aryl methyl sites for hydroxylation is 1. The number of hydrogen-bond acceptors (Lipinski definition) is 6. The number of nitrogens with zero attached hydrogens (tertiary/aromatic N) is 5. The molecule has 5 aromatic rings. The second-order valence-electron chi connectivity index (χ2n) is 10.5. The number of aromatic nitrogens is 5. The second-order valence-corrected chi connectivity index (χ2v) is 10.5. The predicted molar refractivity (Wildman–Crippen MR) is 159 cm³/mol. The molecule has 2 amide bonds. The monoisotopic (exact) mass is 566 g/mol. The van der Waals surface area contributed by atoms with Gasteiger partial charge in [-0.2, -0.15) is 10.2 Å². The summed E-state index contributed by atoms with van der Waals surface area (Å²) in [6.45, 7) is 5.80. The number of pyridine rings is 1. The van der Waals surface area contributed by atoms with Gasteiger partial charge in [-0.15, -0.1) is 0 Å². The summed E-state index contributed by atoms with van der Waals surface area (Å²) in [7, 11) is 1.83. The standard InChI is InChI=1S/C31H31FN8O2/c1-19(2)40-18-29(30(38-40)21-4-5-22-15-33-10-8-20(22)12-21)37-31(41)36-27-7-6-24(13-26(27)32)42-25-9-11-34-28(14-25)23-16-35-39(3)17-23/h4-7,9,11-14,16-19,33H,8,10,15H2,1-3H3,(H2,36,37,41). The molecule has 1 aliphatic heterocycles. The van der Waals surface area contributed by atoms with Crippen LogP contribution in [0.2, 0.25) is 0 Å². The van der Waals surface area contributed by atoms with Crippen LogP contribution in [-0.4, -0.2) is 37.1 Å². The van der Waals surface area contributed by atoms with Crippen molar-refractivity contribution in [2.24, 2.45) is 7.05 Å². The molecule has 0 spiro atoms. The third kappa shape index (κ3) is 5.86. The fraction of sp³-hybridized carbons (Fsp3) is 0.226. The molecule has 1 aliphatic rings. The molecule has 214 valence electrons. The average Bonchev–Trinajstić information content (AvgIpc) is 3.61. The highest BCUT2D eigenvalue weighted by Gasteiger charge is 2.18. The van der Waals surface area contributed by atoms with Crippen molar-refractivity contribution in [1.82, 2.24) is 29.9 Å². The number of anilines is 2. The maximum Gasteiger partial charge on any atom is 0.323 e. The summed E-state index contributed by atoms with van der Waals surface area (Å²) in [5.41, 5.74) is 6.19. The quantitative estimate of drug-likeness (QED) is 0.218. The topological polar surface area (TPSA) is 111 Å². The first kappa shape index (κ1) is 27.2. The van der Waals surface area contributed by atoms with E-state index in [9.17, 15) is 4.79 Å². The van der Waals surface area contributed by atoms with Gasteiger partial charge in [0.05, 0.1) is 23.3 Å². The lowest BCUT2D eigenvalue weighted by Crippen LogP contribution is -2.23. The van der Waals surface area contributed by atoms with Crippen LogP contribution in [0.15, 0.2) is 73.3 Å². The first-order chi connectivity index (χ1) is 20.3. The van der Waals surface area contributed by atoms with Crippen LogP contribution in [0.25, 0.3) is 22.5 Å². The van der Waals surface area contributed by atoms with Gasteiger partial charge in [0.25, 0.3) is 0 Å². The molecule has 0 bridgehead atoms. The van der Waals surface area contributed by atoms with Gasteiger partial charge in [0.1, 0.15) is 23.0 Å². The normalized spacial score (nSPS) is 12.7. The molecule has 0 saturated carbocycles. The lowest BCUT2D eigenvalue weighted by molar-refractivity contribution is 0.262. The molecule has 2 aromatic carbocycles. The molecule has 0 radical (unpaired) electrons. The van der Waals surface area contributed by atoms with Gasteiger partial charge < -0.3 is 20.7 Å². The average molecular weight is 567 g/mol. The summed E-state index contributed by atoms with van der Waals surface area (Å²) < 4.78 is 24.4. The number of benzene rings is 2. The Bertz CT molecular complexity index is 1760. The van der Waals surface area contributed by atoms with Gasteiger partial charge in [0.2, 0.25) is 0 Å². The fourth-order valence-electron chi connectivity index (χ4n) is 4.84. The van der Waals surface area contributed by atoms with Crippen molar-refractivity contribution in [3.05, 3.63) is 90.3 Å². The molecule has 0 saturated heterocycles. The molecule has 3 aromatic heterocycles. The molecular formula is C31H31FN8O2. The molecule has 0 atom stereocenters. The van der Waals surface area contributed by atoms with E-state index in [2.05, 4.69) is 38.2 Å². The molecule has 42 heavy (non-hydrogen) atoms. The fourth-order valence-corrected chi connectivity index (χ4v) is 4.84. The van der Waals surface area contributed by atoms with Gasteiger partial charge >= 0.3 is 6.03 Å². The van der Waals surface area contributed by atoms with Crippen molar-refractivity contribution < 1.29 is 13.9 Å². The predicted octanol–water partition coefficient (Wildman–Crippen LogP) is 6.15. The number of rotatable bonds is 7. The zero-order chi connectivity index (χ0) is 29.2. The number of hydrogen-bond donors (Lipinski definition) is 3. The Hall–Kier alpha value is -5.03. The Balaban J connectivity index is 1.16. The number of amides is 2. The molecule has 3 N–H and O–H groups in total. The second kappa shape index (κ2) is 11.5. The van der Waals surface area contributed by atoms with Crippen LogP contribution in [0.3, 0.4) is 0 Å². The van der Waals surface area contributed by atoms with Crippen LogP contribution in [0.1, 0.15) is 31.0 Å². The first-order valence-electron chi connectivity index (χ1n) is 13.7. The number of halogens is 1. The zero-order valence-corrected chi connectivity index (χ0v) is 23.6. The molecule has 0 fully saturated rings. The van der Waals surface area contributed by atoms with Crippen molar-refractivity contribution in [2.75, 3.05) is 17.2 Å².